The molecule has 2 aromatic carbocycles. The number of H-pyrrole nitrogens is 2. The van der Waals surface area contributed by atoms with E-state index in [1.54, 1.807) is 20.8 Å². The summed E-state index contributed by atoms with van der Waals surface area (Å²) in [4.78, 5) is 31.6. The Bertz CT molecular complexity index is 1540. The third-order valence-corrected chi connectivity index (χ3v) is 7.04. The molecule has 0 bridgehead atoms. The fourth-order valence-corrected chi connectivity index (χ4v) is 5.20. The van der Waals surface area contributed by atoms with Gasteiger partial charge < -0.3 is 24.3 Å². The number of aliphatic hydroxyl groups is 1. The standard InChI is InChI=1S/C29H32N6O6/c1-5-8-18-17(13-22-25(31-15-30-22)27(36)39-14-23-16(2)40-28(37)41-23)11-12-20(24(18)29(3,4)38)19-9-6-7-10-21(19)26-32-34-35-33-26/h6-7,9-12,15-16,23,38H,5,8,13-14H2,1-4H3,(H,30,31)(H,32,33,34,35). The average Bonchev–Trinajstić information content (AvgIpc) is 3.69. The molecule has 0 radical (unpaired) electrons. The number of rotatable bonds is 10. The molecule has 0 saturated carbocycles. The molecule has 0 amide bonds. The average molecular weight is 561 g/mol. The molecule has 12 heteroatoms. The quantitative estimate of drug-likeness (QED) is 0.240. The van der Waals surface area contributed by atoms with Gasteiger partial charge in [-0.2, -0.15) is 5.21 Å². The Morgan fingerprint density at radius 3 is 2.56 bits per heavy atom. The van der Waals surface area contributed by atoms with Gasteiger partial charge in [-0.25, -0.2) is 14.6 Å². The van der Waals surface area contributed by atoms with Crippen LogP contribution in [0.5, 0.6) is 0 Å². The molecule has 0 aliphatic carbocycles. The Hall–Kier alpha value is -4.58. The van der Waals surface area contributed by atoms with Gasteiger partial charge in [0, 0.05) is 12.0 Å². The number of nitrogens with one attached hydrogen (secondary N) is 2. The monoisotopic (exact) mass is 560 g/mol. The van der Waals surface area contributed by atoms with Crippen LogP contribution < -0.4 is 0 Å². The molecule has 1 aliphatic heterocycles. The van der Waals surface area contributed by atoms with Crippen molar-refractivity contribution >= 4 is 12.1 Å². The van der Waals surface area contributed by atoms with E-state index in [0.717, 1.165) is 39.8 Å². The van der Waals surface area contributed by atoms with Crippen molar-refractivity contribution in [2.45, 2.75) is 64.8 Å². The minimum absolute atomic E-state index is 0.140. The summed E-state index contributed by atoms with van der Waals surface area (Å²) >= 11 is 0. The zero-order valence-corrected chi connectivity index (χ0v) is 23.3. The van der Waals surface area contributed by atoms with Gasteiger partial charge in [-0.1, -0.05) is 49.7 Å². The highest BCUT2D eigenvalue weighted by Crippen LogP contribution is 2.40. The molecule has 1 fully saturated rings. The first-order valence-electron chi connectivity index (χ1n) is 13.4. The molecule has 4 aromatic rings. The largest absolute Gasteiger partial charge is 0.509 e. The summed E-state index contributed by atoms with van der Waals surface area (Å²) in [6.45, 7) is 7.15. The van der Waals surface area contributed by atoms with Crippen LogP contribution in [-0.2, 0) is 32.7 Å². The number of esters is 1. The molecule has 2 aromatic heterocycles. The fraction of sp³-hybridized carbons (Fsp3) is 0.379. The van der Waals surface area contributed by atoms with Crippen molar-refractivity contribution in [3.05, 3.63) is 70.8 Å². The molecule has 3 N–H and O–H groups in total. The van der Waals surface area contributed by atoms with E-state index in [9.17, 15) is 14.7 Å². The first-order valence-corrected chi connectivity index (χ1v) is 13.4. The fourth-order valence-electron chi connectivity index (χ4n) is 5.20. The van der Waals surface area contributed by atoms with Gasteiger partial charge in [-0.05, 0) is 60.2 Å². The van der Waals surface area contributed by atoms with Crippen LogP contribution in [0.1, 0.15) is 67.0 Å². The van der Waals surface area contributed by atoms with Crippen molar-refractivity contribution in [2.75, 3.05) is 6.61 Å². The minimum Gasteiger partial charge on any atom is -0.457 e. The number of carbonyl (C=O) groups is 2. The zero-order valence-electron chi connectivity index (χ0n) is 23.3. The van der Waals surface area contributed by atoms with E-state index in [2.05, 4.69) is 37.5 Å². The normalized spacial score (nSPS) is 16.9. The SMILES string of the molecule is CCCc1c(Cc2[nH]cnc2C(=O)OCC2OC(=O)OC2C)ccc(-c2ccccc2-c2nn[nH]n2)c1C(C)(C)O. The number of aromatic nitrogens is 6. The lowest BCUT2D eigenvalue weighted by Gasteiger charge is -2.28. The molecule has 0 spiro atoms. The molecule has 1 aliphatic rings. The van der Waals surface area contributed by atoms with Crippen LogP contribution in [-0.4, -0.2) is 66.6 Å². The van der Waals surface area contributed by atoms with Gasteiger partial charge in [-0.15, -0.1) is 10.2 Å². The maximum atomic E-state index is 12.9. The number of imidazole rings is 1. The van der Waals surface area contributed by atoms with Crippen LogP contribution in [0.15, 0.2) is 42.7 Å². The summed E-state index contributed by atoms with van der Waals surface area (Å²) in [6, 6.07) is 11.7. The molecule has 2 atom stereocenters. The highest BCUT2D eigenvalue weighted by molar-refractivity contribution is 5.89. The molecule has 5 rings (SSSR count). The van der Waals surface area contributed by atoms with Gasteiger partial charge >= 0.3 is 12.1 Å². The first-order chi connectivity index (χ1) is 19.7. The molecular formula is C29H32N6O6. The van der Waals surface area contributed by atoms with Crippen LogP contribution >= 0.6 is 0 Å². The summed E-state index contributed by atoms with van der Waals surface area (Å²) in [5.41, 5.74) is 4.74. The smallest absolute Gasteiger partial charge is 0.457 e. The maximum Gasteiger partial charge on any atom is 0.509 e. The summed E-state index contributed by atoms with van der Waals surface area (Å²) in [5, 5.41) is 26.0. The van der Waals surface area contributed by atoms with E-state index < -0.39 is 29.9 Å². The molecular weight excluding hydrogens is 528 g/mol. The zero-order chi connectivity index (χ0) is 29.1. The lowest BCUT2D eigenvalue weighted by molar-refractivity contribution is 0.0242. The highest BCUT2D eigenvalue weighted by atomic mass is 16.8. The topological polar surface area (TPSA) is 165 Å². The summed E-state index contributed by atoms with van der Waals surface area (Å²) in [7, 11) is 0. The van der Waals surface area contributed by atoms with Gasteiger partial charge in [0.05, 0.1) is 17.6 Å². The van der Waals surface area contributed by atoms with Crippen LogP contribution in [0.25, 0.3) is 22.5 Å². The van der Waals surface area contributed by atoms with Crippen LogP contribution in [0.4, 0.5) is 4.79 Å². The lowest BCUT2D eigenvalue weighted by Crippen LogP contribution is -2.27. The van der Waals surface area contributed by atoms with E-state index in [4.69, 9.17) is 14.2 Å². The Morgan fingerprint density at radius 1 is 1.12 bits per heavy atom. The highest BCUT2D eigenvalue weighted by Gasteiger charge is 2.35. The van der Waals surface area contributed by atoms with E-state index in [-0.39, 0.29) is 12.3 Å². The second-order valence-electron chi connectivity index (χ2n) is 10.5. The third kappa shape index (κ3) is 5.82. The van der Waals surface area contributed by atoms with Crippen molar-refractivity contribution in [1.82, 2.24) is 30.6 Å². The van der Waals surface area contributed by atoms with Crippen molar-refractivity contribution < 1.29 is 28.9 Å². The van der Waals surface area contributed by atoms with E-state index in [1.165, 1.54) is 6.33 Å². The van der Waals surface area contributed by atoms with Crippen LogP contribution in [0.3, 0.4) is 0 Å². The number of hydrogen-bond donors (Lipinski definition) is 3. The molecule has 3 heterocycles. The third-order valence-electron chi connectivity index (χ3n) is 7.04. The number of carbonyl (C=O) groups excluding carboxylic acids is 2. The van der Waals surface area contributed by atoms with Crippen LogP contribution in [0, 0.1) is 0 Å². The second-order valence-corrected chi connectivity index (χ2v) is 10.5. The van der Waals surface area contributed by atoms with Crippen LogP contribution in [0.2, 0.25) is 0 Å². The number of aromatic amines is 2. The lowest BCUT2D eigenvalue weighted by atomic mass is 9.80. The van der Waals surface area contributed by atoms with Crippen molar-refractivity contribution in [3.63, 3.8) is 0 Å². The summed E-state index contributed by atoms with van der Waals surface area (Å²) in [6.07, 6.45) is 1.35. The van der Waals surface area contributed by atoms with Crippen molar-refractivity contribution in [2.24, 2.45) is 0 Å². The predicted molar refractivity (Wildman–Crippen MR) is 147 cm³/mol. The van der Waals surface area contributed by atoms with E-state index in [0.29, 0.717) is 24.4 Å². The number of ether oxygens (including phenoxy) is 3. The van der Waals surface area contributed by atoms with E-state index in [1.807, 2.05) is 36.4 Å². The first kappa shape index (κ1) is 28.0. The van der Waals surface area contributed by atoms with Crippen molar-refractivity contribution in [1.29, 1.82) is 0 Å². The van der Waals surface area contributed by atoms with Gasteiger partial charge in [-0.3, -0.25) is 0 Å². The molecule has 41 heavy (non-hydrogen) atoms. The van der Waals surface area contributed by atoms with Gasteiger partial charge in [0.25, 0.3) is 0 Å². The summed E-state index contributed by atoms with van der Waals surface area (Å²) in [5.74, 6) is -0.181. The number of tetrazole rings is 1. The molecule has 2 unspecified atom stereocenters. The van der Waals surface area contributed by atoms with Gasteiger partial charge in [0.2, 0.25) is 5.82 Å². The Morgan fingerprint density at radius 2 is 1.90 bits per heavy atom. The Kier molecular flexibility index (Phi) is 7.84. The minimum atomic E-state index is -1.19. The molecule has 12 nitrogen and oxygen atoms in total. The van der Waals surface area contributed by atoms with Crippen molar-refractivity contribution in [3.8, 4) is 22.5 Å². The van der Waals surface area contributed by atoms with Gasteiger partial charge in [0.1, 0.15) is 12.7 Å². The molecule has 1 saturated heterocycles. The summed E-state index contributed by atoms with van der Waals surface area (Å²) < 4.78 is 15.4. The number of cyclic esters (lactones) is 2. The van der Waals surface area contributed by atoms with Gasteiger partial charge in [0.15, 0.2) is 11.8 Å². The maximum absolute atomic E-state index is 12.9. The second kappa shape index (κ2) is 11.5. The number of hydrogen-bond acceptors (Lipinski definition) is 10. The predicted octanol–water partition coefficient (Wildman–Crippen LogP) is 4.11. The molecule has 214 valence electrons. The number of nitrogens with zero attached hydrogens (tertiary/aromatic N) is 4. The Labute approximate surface area is 236 Å². The Balaban J connectivity index is 1.50. The number of benzene rings is 2. The van der Waals surface area contributed by atoms with E-state index >= 15 is 0 Å².